The first-order chi connectivity index (χ1) is 9.66. The summed E-state index contributed by atoms with van der Waals surface area (Å²) in [5.74, 6) is 0. The first kappa shape index (κ1) is 12.9. The molecule has 100 valence electrons. The molecule has 1 heterocycles. The Morgan fingerprint density at radius 1 is 1.05 bits per heavy atom. The third kappa shape index (κ3) is 2.23. The van der Waals surface area contributed by atoms with Crippen LogP contribution in [0, 0.1) is 6.92 Å². The van der Waals surface area contributed by atoms with Crippen molar-refractivity contribution in [1.82, 2.24) is 9.78 Å². The Morgan fingerprint density at radius 3 is 2.50 bits per heavy atom. The highest BCUT2D eigenvalue weighted by Gasteiger charge is 2.12. The summed E-state index contributed by atoms with van der Waals surface area (Å²) in [4.78, 5) is 12.4. The molecular formula is C16H13BrN2O. The molecule has 1 aromatic heterocycles. The fraction of sp³-hybridized carbons (Fsp3) is 0.0625. The minimum absolute atomic E-state index is 0.0260. The monoisotopic (exact) mass is 328 g/mol. The summed E-state index contributed by atoms with van der Waals surface area (Å²) >= 11 is 3.42. The van der Waals surface area contributed by atoms with Crippen molar-refractivity contribution in [2.45, 2.75) is 6.92 Å². The number of benzene rings is 2. The van der Waals surface area contributed by atoms with Gasteiger partial charge in [-0.05, 0) is 30.7 Å². The summed E-state index contributed by atoms with van der Waals surface area (Å²) in [5, 5.41) is 3.19. The molecule has 0 atom stereocenters. The van der Waals surface area contributed by atoms with Crippen molar-refractivity contribution >= 4 is 15.9 Å². The summed E-state index contributed by atoms with van der Waals surface area (Å²) in [6, 6.07) is 17.5. The molecule has 0 amide bonds. The fourth-order valence-corrected chi connectivity index (χ4v) is 2.59. The van der Waals surface area contributed by atoms with Crippen molar-refractivity contribution in [2.24, 2.45) is 0 Å². The maximum absolute atomic E-state index is 12.4. The lowest BCUT2D eigenvalue weighted by Crippen LogP contribution is -2.15. The van der Waals surface area contributed by atoms with E-state index in [0.717, 1.165) is 27.0 Å². The molecule has 0 unspecified atom stereocenters. The molecule has 0 aliphatic heterocycles. The first-order valence-corrected chi connectivity index (χ1v) is 7.09. The van der Waals surface area contributed by atoms with E-state index < -0.39 is 0 Å². The maximum atomic E-state index is 12.4. The zero-order valence-corrected chi connectivity index (χ0v) is 12.5. The van der Waals surface area contributed by atoms with Gasteiger partial charge in [-0.3, -0.25) is 9.89 Å². The van der Waals surface area contributed by atoms with Crippen LogP contribution in [0.3, 0.4) is 0 Å². The first-order valence-electron chi connectivity index (χ1n) is 6.30. The van der Waals surface area contributed by atoms with Crippen LogP contribution in [0.5, 0.6) is 0 Å². The van der Waals surface area contributed by atoms with Gasteiger partial charge < -0.3 is 0 Å². The summed E-state index contributed by atoms with van der Waals surface area (Å²) < 4.78 is 2.51. The minimum Gasteiger partial charge on any atom is -0.290 e. The van der Waals surface area contributed by atoms with Gasteiger partial charge in [-0.2, -0.15) is 0 Å². The molecule has 3 rings (SSSR count). The number of nitrogens with one attached hydrogen (secondary N) is 1. The second kappa shape index (κ2) is 5.13. The van der Waals surface area contributed by atoms with Gasteiger partial charge in [-0.15, -0.1) is 0 Å². The Kier molecular flexibility index (Phi) is 3.32. The van der Waals surface area contributed by atoms with Gasteiger partial charge in [0.15, 0.2) is 0 Å². The highest BCUT2D eigenvalue weighted by molar-refractivity contribution is 9.10. The van der Waals surface area contributed by atoms with Crippen LogP contribution < -0.4 is 5.56 Å². The predicted octanol–water partition coefficient (Wildman–Crippen LogP) is 3.90. The number of aromatic nitrogens is 2. The van der Waals surface area contributed by atoms with Crippen LogP contribution in [0.4, 0.5) is 0 Å². The molecule has 3 aromatic rings. The molecule has 0 aliphatic carbocycles. The Balaban J connectivity index is 2.18. The fourth-order valence-electron chi connectivity index (χ4n) is 2.20. The van der Waals surface area contributed by atoms with Crippen molar-refractivity contribution < 1.29 is 0 Å². The second-order valence-electron chi connectivity index (χ2n) is 4.60. The molecule has 0 saturated heterocycles. The van der Waals surface area contributed by atoms with E-state index in [2.05, 4.69) is 21.0 Å². The van der Waals surface area contributed by atoms with E-state index in [1.54, 1.807) is 4.68 Å². The van der Waals surface area contributed by atoms with Crippen molar-refractivity contribution in [1.29, 1.82) is 0 Å². The summed E-state index contributed by atoms with van der Waals surface area (Å²) in [6.07, 6.45) is 0. The standard InChI is InChI=1S/C16H13BrN2O/c1-11-15(12-6-3-2-4-7-12)18-19(16(11)20)14-9-5-8-13(17)10-14/h2-10,18H,1H3. The number of H-pyrrole nitrogens is 1. The molecule has 1 N–H and O–H groups in total. The molecule has 3 nitrogen and oxygen atoms in total. The van der Waals surface area contributed by atoms with E-state index in [4.69, 9.17) is 0 Å². The highest BCUT2D eigenvalue weighted by atomic mass is 79.9. The molecule has 0 radical (unpaired) electrons. The van der Waals surface area contributed by atoms with Crippen LogP contribution in [0.2, 0.25) is 0 Å². The molecule has 20 heavy (non-hydrogen) atoms. The van der Waals surface area contributed by atoms with Crippen LogP contribution in [0.15, 0.2) is 63.9 Å². The highest BCUT2D eigenvalue weighted by Crippen LogP contribution is 2.20. The van der Waals surface area contributed by atoms with E-state index in [1.807, 2.05) is 61.5 Å². The van der Waals surface area contributed by atoms with E-state index in [0.29, 0.717) is 0 Å². The van der Waals surface area contributed by atoms with Crippen LogP contribution in [0.1, 0.15) is 5.56 Å². The lowest BCUT2D eigenvalue weighted by Gasteiger charge is -2.02. The number of nitrogens with zero attached hydrogens (tertiary/aromatic N) is 1. The molecular weight excluding hydrogens is 316 g/mol. The van der Waals surface area contributed by atoms with Gasteiger partial charge in [0, 0.05) is 10.0 Å². The smallest absolute Gasteiger partial charge is 0.274 e. The van der Waals surface area contributed by atoms with E-state index >= 15 is 0 Å². The lowest BCUT2D eigenvalue weighted by atomic mass is 10.1. The zero-order chi connectivity index (χ0) is 14.1. The predicted molar refractivity (Wildman–Crippen MR) is 84.3 cm³/mol. The molecule has 2 aromatic carbocycles. The van der Waals surface area contributed by atoms with Gasteiger partial charge in [-0.1, -0.05) is 52.3 Å². The Hall–Kier alpha value is -2.07. The number of hydrogen-bond donors (Lipinski definition) is 1. The second-order valence-corrected chi connectivity index (χ2v) is 5.51. The molecule has 0 fully saturated rings. The van der Waals surface area contributed by atoms with Gasteiger partial charge in [0.2, 0.25) is 0 Å². The lowest BCUT2D eigenvalue weighted by molar-refractivity contribution is 0.850. The SMILES string of the molecule is Cc1c(-c2ccccc2)[nH]n(-c2cccc(Br)c2)c1=O. The number of halogens is 1. The van der Waals surface area contributed by atoms with Crippen LogP contribution in [-0.2, 0) is 0 Å². The average molecular weight is 329 g/mol. The summed E-state index contributed by atoms with van der Waals surface area (Å²) in [6.45, 7) is 1.84. The van der Waals surface area contributed by atoms with Gasteiger partial charge in [-0.25, -0.2) is 4.68 Å². The molecule has 0 spiro atoms. The zero-order valence-electron chi connectivity index (χ0n) is 10.9. The topological polar surface area (TPSA) is 37.8 Å². The Labute approximate surface area is 125 Å². The quantitative estimate of drug-likeness (QED) is 0.761. The van der Waals surface area contributed by atoms with Gasteiger partial charge >= 0.3 is 0 Å². The van der Waals surface area contributed by atoms with E-state index in [9.17, 15) is 4.79 Å². The summed E-state index contributed by atoms with van der Waals surface area (Å²) in [7, 11) is 0. The van der Waals surface area contributed by atoms with Gasteiger partial charge in [0.1, 0.15) is 0 Å². The van der Waals surface area contributed by atoms with Gasteiger partial charge in [0.05, 0.1) is 11.4 Å². The Morgan fingerprint density at radius 2 is 1.80 bits per heavy atom. The molecule has 0 bridgehead atoms. The molecule has 4 heteroatoms. The van der Waals surface area contributed by atoms with Crippen LogP contribution >= 0.6 is 15.9 Å². The van der Waals surface area contributed by atoms with Crippen LogP contribution in [0.25, 0.3) is 16.9 Å². The number of rotatable bonds is 2. The van der Waals surface area contributed by atoms with Crippen molar-refractivity contribution in [2.75, 3.05) is 0 Å². The normalized spacial score (nSPS) is 10.7. The minimum atomic E-state index is -0.0260. The third-order valence-corrected chi connectivity index (χ3v) is 3.74. The Bertz CT molecular complexity index is 803. The average Bonchev–Trinajstić information content (AvgIpc) is 2.76. The van der Waals surface area contributed by atoms with E-state index in [1.165, 1.54) is 0 Å². The maximum Gasteiger partial charge on any atom is 0.274 e. The van der Waals surface area contributed by atoms with Crippen molar-refractivity contribution in [3.05, 3.63) is 75.0 Å². The van der Waals surface area contributed by atoms with Crippen molar-refractivity contribution in [3.8, 4) is 16.9 Å². The third-order valence-electron chi connectivity index (χ3n) is 3.25. The molecule has 0 aliphatic rings. The largest absolute Gasteiger partial charge is 0.290 e. The van der Waals surface area contributed by atoms with Gasteiger partial charge in [0.25, 0.3) is 5.56 Å². The number of hydrogen-bond acceptors (Lipinski definition) is 1. The molecule has 0 saturated carbocycles. The van der Waals surface area contributed by atoms with Crippen LogP contribution in [-0.4, -0.2) is 9.78 Å². The number of aromatic amines is 1. The van der Waals surface area contributed by atoms with Crippen molar-refractivity contribution in [3.63, 3.8) is 0 Å². The summed E-state index contributed by atoms with van der Waals surface area (Å²) in [5.41, 5.74) is 3.37. The van der Waals surface area contributed by atoms with E-state index in [-0.39, 0.29) is 5.56 Å².